The van der Waals surface area contributed by atoms with Gasteiger partial charge in [0.05, 0.1) is 4.92 Å². The van der Waals surface area contributed by atoms with Crippen molar-refractivity contribution in [2.75, 3.05) is 0 Å². The summed E-state index contributed by atoms with van der Waals surface area (Å²) in [5.74, 6) is 3.02. The van der Waals surface area contributed by atoms with Crippen LogP contribution in [0.15, 0.2) is 21.1 Å². The van der Waals surface area contributed by atoms with E-state index in [1.807, 2.05) is 12.1 Å². The molecule has 2 atom stereocenters. The van der Waals surface area contributed by atoms with E-state index >= 15 is 0 Å². The van der Waals surface area contributed by atoms with Crippen molar-refractivity contribution in [1.82, 2.24) is 5.16 Å². The standard InChI is InChI=1S/C14H14N2O4/c1-8-7-11(8)13-6-4-10(19-13)3-5-12-14(16(17)18)9(2)20-15-12/h3-6,8,11H,7H2,1-2H3/b5-3+. The number of nitrogens with zero attached hydrogens (tertiary/aromatic N) is 2. The van der Waals surface area contributed by atoms with Gasteiger partial charge in [0.2, 0.25) is 5.76 Å². The Balaban J connectivity index is 1.80. The number of nitro groups is 1. The summed E-state index contributed by atoms with van der Waals surface area (Å²) in [6, 6.07) is 3.81. The lowest BCUT2D eigenvalue weighted by Crippen LogP contribution is -1.90. The summed E-state index contributed by atoms with van der Waals surface area (Å²) in [4.78, 5) is 10.4. The van der Waals surface area contributed by atoms with Crippen molar-refractivity contribution in [1.29, 1.82) is 0 Å². The van der Waals surface area contributed by atoms with E-state index in [0.29, 0.717) is 17.6 Å². The van der Waals surface area contributed by atoms with Crippen molar-refractivity contribution in [2.24, 2.45) is 5.92 Å². The highest BCUT2D eigenvalue weighted by Gasteiger charge is 2.36. The van der Waals surface area contributed by atoms with Crippen LogP contribution < -0.4 is 0 Å². The quantitative estimate of drug-likeness (QED) is 0.626. The van der Waals surface area contributed by atoms with Gasteiger partial charge in [-0.15, -0.1) is 0 Å². The molecule has 0 aromatic carbocycles. The topological polar surface area (TPSA) is 82.3 Å². The highest BCUT2D eigenvalue weighted by molar-refractivity contribution is 5.70. The maximum atomic E-state index is 10.9. The summed E-state index contributed by atoms with van der Waals surface area (Å²) in [7, 11) is 0. The molecular formula is C14H14N2O4. The molecule has 0 saturated heterocycles. The predicted molar refractivity (Wildman–Crippen MR) is 72.1 cm³/mol. The van der Waals surface area contributed by atoms with Gasteiger partial charge in [-0.25, -0.2) is 0 Å². The van der Waals surface area contributed by atoms with Gasteiger partial charge in [0.25, 0.3) is 0 Å². The summed E-state index contributed by atoms with van der Waals surface area (Å²) in [6.45, 7) is 3.70. The Morgan fingerprint density at radius 3 is 2.85 bits per heavy atom. The minimum Gasteiger partial charge on any atom is -0.461 e. The maximum Gasteiger partial charge on any atom is 0.338 e. The maximum absolute atomic E-state index is 10.9. The van der Waals surface area contributed by atoms with Gasteiger partial charge >= 0.3 is 5.69 Å². The van der Waals surface area contributed by atoms with Crippen molar-refractivity contribution in [2.45, 2.75) is 26.2 Å². The molecule has 0 radical (unpaired) electrons. The molecule has 6 heteroatoms. The molecule has 0 N–H and O–H groups in total. The fraction of sp³-hybridized carbons (Fsp3) is 0.357. The van der Waals surface area contributed by atoms with Crippen molar-refractivity contribution < 1.29 is 13.9 Å². The van der Waals surface area contributed by atoms with Gasteiger partial charge < -0.3 is 8.94 Å². The first-order chi connectivity index (χ1) is 9.56. The Morgan fingerprint density at radius 2 is 2.20 bits per heavy atom. The molecule has 0 bridgehead atoms. The molecular weight excluding hydrogens is 260 g/mol. The van der Waals surface area contributed by atoms with Gasteiger partial charge in [0.1, 0.15) is 11.5 Å². The Kier molecular flexibility index (Phi) is 2.93. The third-order valence-corrected chi connectivity index (χ3v) is 3.57. The SMILES string of the molecule is Cc1onc(/C=C/c2ccc(C3CC3C)o2)c1[N+](=O)[O-]. The molecule has 2 aromatic rings. The number of furan rings is 1. The van der Waals surface area contributed by atoms with Gasteiger partial charge in [-0.05, 0) is 36.6 Å². The number of aromatic nitrogens is 1. The molecule has 2 aromatic heterocycles. The van der Waals surface area contributed by atoms with E-state index in [2.05, 4.69) is 12.1 Å². The fourth-order valence-corrected chi connectivity index (χ4v) is 2.25. The van der Waals surface area contributed by atoms with Crippen LogP contribution in [0.4, 0.5) is 5.69 Å². The average Bonchev–Trinajstić information content (AvgIpc) is 2.83. The minimum absolute atomic E-state index is 0.108. The fourth-order valence-electron chi connectivity index (χ4n) is 2.25. The Morgan fingerprint density at radius 1 is 1.45 bits per heavy atom. The lowest BCUT2D eigenvalue weighted by molar-refractivity contribution is -0.386. The van der Waals surface area contributed by atoms with E-state index in [9.17, 15) is 10.1 Å². The normalized spacial score (nSPS) is 21.5. The van der Waals surface area contributed by atoms with E-state index in [1.165, 1.54) is 13.0 Å². The molecule has 1 aliphatic carbocycles. The van der Waals surface area contributed by atoms with Gasteiger partial charge in [-0.2, -0.15) is 0 Å². The monoisotopic (exact) mass is 274 g/mol. The third-order valence-electron chi connectivity index (χ3n) is 3.57. The minimum atomic E-state index is -0.495. The number of aryl methyl sites for hydroxylation is 1. The number of rotatable bonds is 4. The van der Waals surface area contributed by atoms with E-state index in [4.69, 9.17) is 8.94 Å². The van der Waals surface area contributed by atoms with Crippen molar-refractivity contribution in [3.8, 4) is 0 Å². The van der Waals surface area contributed by atoms with Crippen LogP contribution in [0, 0.1) is 23.0 Å². The van der Waals surface area contributed by atoms with Crippen LogP contribution in [0.25, 0.3) is 12.2 Å². The summed E-state index contributed by atoms with van der Waals surface area (Å²) < 4.78 is 10.5. The largest absolute Gasteiger partial charge is 0.461 e. The molecule has 1 saturated carbocycles. The van der Waals surface area contributed by atoms with Gasteiger partial charge in [0.15, 0.2) is 5.69 Å². The Hall–Kier alpha value is -2.37. The second-order valence-electron chi connectivity index (χ2n) is 5.12. The smallest absolute Gasteiger partial charge is 0.338 e. The second kappa shape index (κ2) is 4.63. The third kappa shape index (κ3) is 2.24. The van der Waals surface area contributed by atoms with Crippen LogP contribution >= 0.6 is 0 Å². The summed E-state index contributed by atoms with van der Waals surface area (Å²) in [5.41, 5.74) is 0.0917. The molecule has 1 fully saturated rings. The van der Waals surface area contributed by atoms with Gasteiger partial charge in [-0.1, -0.05) is 12.1 Å². The van der Waals surface area contributed by atoms with Crippen LogP contribution in [-0.2, 0) is 0 Å². The van der Waals surface area contributed by atoms with E-state index in [1.54, 1.807) is 6.08 Å². The van der Waals surface area contributed by atoms with Crippen LogP contribution in [0.2, 0.25) is 0 Å². The zero-order valence-corrected chi connectivity index (χ0v) is 11.2. The van der Waals surface area contributed by atoms with Gasteiger partial charge in [0, 0.05) is 12.8 Å². The van der Waals surface area contributed by atoms with Crippen LogP contribution in [0.1, 0.15) is 42.2 Å². The first-order valence-corrected chi connectivity index (χ1v) is 6.44. The molecule has 3 rings (SSSR count). The van der Waals surface area contributed by atoms with Crippen molar-refractivity contribution >= 4 is 17.8 Å². The second-order valence-corrected chi connectivity index (χ2v) is 5.12. The first kappa shape index (κ1) is 12.7. The molecule has 1 aliphatic rings. The summed E-state index contributed by atoms with van der Waals surface area (Å²) in [5, 5.41) is 14.6. The Labute approximate surface area is 115 Å². The average molecular weight is 274 g/mol. The predicted octanol–water partition coefficient (Wildman–Crippen LogP) is 3.78. The van der Waals surface area contributed by atoms with Crippen LogP contribution in [-0.4, -0.2) is 10.1 Å². The molecule has 0 spiro atoms. The van der Waals surface area contributed by atoms with Crippen LogP contribution in [0.3, 0.4) is 0 Å². The van der Waals surface area contributed by atoms with E-state index in [-0.39, 0.29) is 17.1 Å². The molecule has 6 nitrogen and oxygen atoms in total. The Bertz CT molecular complexity index is 683. The van der Waals surface area contributed by atoms with Gasteiger partial charge in [-0.3, -0.25) is 10.1 Å². The highest BCUT2D eigenvalue weighted by Crippen LogP contribution is 2.47. The van der Waals surface area contributed by atoms with Crippen LogP contribution in [0.5, 0.6) is 0 Å². The molecule has 0 aliphatic heterocycles. The molecule has 2 unspecified atom stereocenters. The van der Waals surface area contributed by atoms with Crippen molar-refractivity contribution in [3.63, 3.8) is 0 Å². The lowest BCUT2D eigenvalue weighted by Gasteiger charge is -1.90. The summed E-state index contributed by atoms with van der Waals surface area (Å²) in [6.07, 6.45) is 4.36. The zero-order chi connectivity index (χ0) is 14.3. The number of hydrogen-bond acceptors (Lipinski definition) is 5. The zero-order valence-electron chi connectivity index (χ0n) is 11.2. The van der Waals surface area contributed by atoms with E-state index in [0.717, 1.165) is 12.2 Å². The number of hydrogen-bond donors (Lipinski definition) is 0. The lowest BCUT2D eigenvalue weighted by atomic mass is 10.2. The molecule has 20 heavy (non-hydrogen) atoms. The first-order valence-electron chi connectivity index (χ1n) is 6.44. The highest BCUT2D eigenvalue weighted by atomic mass is 16.6. The molecule has 2 heterocycles. The molecule has 0 amide bonds. The van der Waals surface area contributed by atoms with Crippen molar-refractivity contribution in [3.05, 3.63) is 45.2 Å². The molecule has 104 valence electrons. The van der Waals surface area contributed by atoms with E-state index < -0.39 is 4.92 Å². The summed E-state index contributed by atoms with van der Waals surface area (Å²) >= 11 is 0.